The number of aromatic nitrogens is 5. The third-order valence-electron chi connectivity index (χ3n) is 5.17. The predicted molar refractivity (Wildman–Crippen MR) is 129 cm³/mol. The second kappa shape index (κ2) is 10.4. The van der Waals surface area contributed by atoms with E-state index in [2.05, 4.69) is 25.5 Å². The summed E-state index contributed by atoms with van der Waals surface area (Å²) < 4.78 is 6.69. The number of anilines is 1. The number of carbonyl (C=O) groups is 1. The van der Waals surface area contributed by atoms with Gasteiger partial charge in [0.2, 0.25) is 0 Å². The second-order valence-electron chi connectivity index (χ2n) is 7.67. The number of halogens is 1. The highest BCUT2D eigenvalue weighted by Crippen LogP contribution is 2.33. The zero-order valence-corrected chi connectivity index (χ0v) is 19.6. The van der Waals surface area contributed by atoms with Crippen LogP contribution in [0.2, 0.25) is 0 Å². The summed E-state index contributed by atoms with van der Waals surface area (Å²) in [5, 5.41) is 10.6. The van der Waals surface area contributed by atoms with Gasteiger partial charge in [-0.3, -0.25) is 9.78 Å². The number of pyridine rings is 1. The van der Waals surface area contributed by atoms with Crippen molar-refractivity contribution in [2.75, 3.05) is 32.9 Å². The summed E-state index contributed by atoms with van der Waals surface area (Å²) in [6.45, 7) is 3.95. The highest BCUT2D eigenvalue weighted by atomic mass is 35.5. The molecule has 0 bridgehead atoms. The molecule has 0 radical (unpaired) electrons. The summed E-state index contributed by atoms with van der Waals surface area (Å²) in [5.41, 5.74) is 9.56. The van der Waals surface area contributed by atoms with Gasteiger partial charge >= 0.3 is 0 Å². The fourth-order valence-electron chi connectivity index (χ4n) is 3.65. The molecule has 0 fully saturated rings. The van der Waals surface area contributed by atoms with Gasteiger partial charge < -0.3 is 20.5 Å². The van der Waals surface area contributed by atoms with Crippen molar-refractivity contribution < 1.29 is 9.42 Å². The highest BCUT2D eigenvalue weighted by molar-refractivity contribution is 6.08. The topological polar surface area (TPSA) is 128 Å². The van der Waals surface area contributed by atoms with Gasteiger partial charge in [-0.1, -0.05) is 30.3 Å². The van der Waals surface area contributed by atoms with Crippen molar-refractivity contribution in [1.82, 2.24) is 35.1 Å². The molecule has 0 aliphatic carbocycles. The lowest BCUT2D eigenvalue weighted by Gasteiger charge is -2.12. The molecule has 10 nitrogen and oxygen atoms in total. The molecule has 3 N–H and O–H groups in total. The molecule has 3 aromatic heterocycles. The Morgan fingerprint density at radius 3 is 2.58 bits per heavy atom. The van der Waals surface area contributed by atoms with Crippen LogP contribution in [-0.4, -0.2) is 62.8 Å². The summed E-state index contributed by atoms with van der Waals surface area (Å²) in [4.78, 5) is 24.6. The molecule has 4 aromatic rings. The van der Waals surface area contributed by atoms with Gasteiger partial charge in [0.25, 0.3) is 5.91 Å². The van der Waals surface area contributed by atoms with Gasteiger partial charge in [-0.15, -0.1) is 12.4 Å². The van der Waals surface area contributed by atoms with Crippen LogP contribution in [0.15, 0.2) is 41.2 Å². The Morgan fingerprint density at radius 2 is 1.94 bits per heavy atom. The van der Waals surface area contributed by atoms with Gasteiger partial charge in [-0.25, -0.2) is 9.61 Å². The number of amides is 1. The molecule has 11 heteroatoms. The first-order chi connectivity index (χ1) is 15.5. The molecule has 1 aromatic carbocycles. The van der Waals surface area contributed by atoms with Crippen LogP contribution in [0, 0.1) is 0 Å². The molecule has 0 aliphatic heterocycles. The number of carbonyl (C=O) groups excluding carboxylic acids is 1. The fourth-order valence-corrected chi connectivity index (χ4v) is 3.65. The molecule has 33 heavy (non-hydrogen) atoms. The zero-order chi connectivity index (χ0) is 22.7. The quantitative estimate of drug-likeness (QED) is 0.376. The maximum absolute atomic E-state index is 13.1. The van der Waals surface area contributed by atoms with E-state index in [9.17, 15) is 4.79 Å². The number of nitrogens with zero attached hydrogens (tertiary/aromatic N) is 6. The average molecular weight is 471 g/mol. The molecule has 4 rings (SSSR count). The largest absolute Gasteiger partial charge is 0.379 e. The Hall–Kier alpha value is -3.50. The first-order valence-electron chi connectivity index (χ1n) is 10.5. The van der Waals surface area contributed by atoms with E-state index in [1.165, 1.54) is 0 Å². The molecule has 0 aliphatic rings. The van der Waals surface area contributed by atoms with Crippen LogP contribution in [0.25, 0.3) is 33.8 Å². The number of nitrogen functional groups attached to an aromatic ring is 1. The SMILES string of the molecule is CCn1c(-c2nonc2N)nc2c(-c3ccccc3)ncc(C(=O)NCCCN(C)C)c21.Cl. The maximum atomic E-state index is 13.1. The van der Waals surface area contributed by atoms with Crippen molar-refractivity contribution in [3.05, 3.63) is 42.1 Å². The lowest BCUT2D eigenvalue weighted by Crippen LogP contribution is -2.27. The number of rotatable bonds is 8. The van der Waals surface area contributed by atoms with Crippen LogP contribution < -0.4 is 11.1 Å². The van der Waals surface area contributed by atoms with E-state index in [0.717, 1.165) is 18.5 Å². The molecule has 1 amide bonds. The van der Waals surface area contributed by atoms with Gasteiger partial charge in [-0.05, 0) is 44.3 Å². The van der Waals surface area contributed by atoms with E-state index in [1.54, 1.807) is 6.20 Å². The fraction of sp³-hybridized carbons (Fsp3) is 0.318. The summed E-state index contributed by atoms with van der Waals surface area (Å²) >= 11 is 0. The number of hydrogen-bond acceptors (Lipinski definition) is 8. The van der Waals surface area contributed by atoms with E-state index in [4.69, 9.17) is 15.3 Å². The molecule has 174 valence electrons. The van der Waals surface area contributed by atoms with Crippen molar-refractivity contribution in [2.45, 2.75) is 19.9 Å². The summed E-state index contributed by atoms with van der Waals surface area (Å²) in [7, 11) is 4.01. The minimum Gasteiger partial charge on any atom is -0.379 e. The third-order valence-corrected chi connectivity index (χ3v) is 5.17. The molecule has 0 saturated carbocycles. The van der Waals surface area contributed by atoms with Crippen LogP contribution in [0.3, 0.4) is 0 Å². The smallest absolute Gasteiger partial charge is 0.255 e. The van der Waals surface area contributed by atoms with Crippen LogP contribution in [0.4, 0.5) is 5.82 Å². The van der Waals surface area contributed by atoms with Gasteiger partial charge in [0, 0.05) is 24.8 Å². The number of benzene rings is 1. The number of nitrogens with one attached hydrogen (secondary N) is 1. The summed E-state index contributed by atoms with van der Waals surface area (Å²) in [6.07, 6.45) is 2.45. The lowest BCUT2D eigenvalue weighted by atomic mass is 10.1. The van der Waals surface area contributed by atoms with Gasteiger partial charge in [0.15, 0.2) is 17.3 Å². The predicted octanol–water partition coefficient (Wildman–Crippen LogP) is 2.85. The molecule has 0 spiro atoms. The highest BCUT2D eigenvalue weighted by Gasteiger charge is 2.25. The Labute approximate surface area is 197 Å². The van der Waals surface area contributed by atoms with Crippen molar-refractivity contribution in [3.63, 3.8) is 0 Å². The number of fused-ring (bicyclic) bond motifs is 1. The number of nitrogens with two attached hydrogens (primary N) is 1. The Balaban J connectivity index is 0.00000306. The van der Waals surface area contributed by atoms with Crippen molar-refractivity contribution >= 4 is 35.2 Å². The minimum absolute atomic E-state index is 0. The van der Waals surface area contributed by atoms with Crippen molar-refractivity contribution in [2.24, 2.45) is 0 Å². The van der Waals surface area contributed by atoms with Crippen molar-refractivity contribution in [1.29, 1.82) is 0 Å². The lowest BCUT2D eigenvalue weighted by molar-refractivity contribution is 0.0953. The maximum Gasteiger partial charge on any atom is 0.255 e. The van der Waals surface area contributed by atoms with E-state index in [1.807, 2.05) is 55.9 Å². The summed E-state index contributed by atoms with van der Waals surface area (Å²) in [5.74, 6) is 0.417. The first-order valence-corrected chi connectivity index (χ1v) is 10.5. The van der Waals surface area contributed by atoms with Gasteiger partial charge in [-0.2, -0.15) is 0 Å². The number of imidazole rings is 1. The standard InChI is InChI=1S/C22H26N8O2.ClH/c1-4-30-19-15(22(31)24-11-8-12-29(2)3)13-25-16(14-9-6-5-7-10-14)17(19)26-21(30)18-20(23)28-32-27-18;/h5-7,9-10,13H,4,8,11-12H2,1-3H3,(H2,23,28)(H,24,31);1H. The van der Waals surface area contributed by atoms with Crippen LogP contribution in [0.1, 0.15) is 23.7 Å². The Kier molecular flexibility index (Phi) is 7.62. The number of hydrogen-bond donors (Lipinski definition) is 2. The second-order valence-corrected chi connectivity index (χ2v) is 7.67. The van der Waals surface area contributed by atoms with Gasteiger partial charge in [0.1, 0.15) is 5.52 Å². The normalized spacial score (nSPS) is 11.0. The number of aryl methyl sites for hydroxylation is 1. The van der Waals surface area contributed by atoms with E-state index in [0.29, 0.717) is 46.9 Å². The molecule has 0 saturated heterocycles. The minimum atomic E-state index is -0.201. The first kappa shape index (κ1) is 24.1. The van der Waals surface area contributed by atoms with E-state index >= 15 is 0 Å². The van der Waals surface area contributed by atoms with E-state index < -0.39 is 0 Å². The zero-order valence-electron chi connectivity index (χ0n) is 18.8. The molecular weight excluding hydrogens is 444 g/mol. The van der Waals surface area contributed by atoms with E-state index in [-0.39, 0.29) is 24.1 Å². The van der Waals surface area contributed by atoms with Gasteiger partial charge in [0.05, 0.1) is 16.8 Å². The van der Waals surface area contributed by atoms with Crippen LogP contribution in [-0.2, 0) is 6.54 Å². The van der Waals surface area contributed by atoms with Crippen molar-refractivity contribution in [3.8, 4) is 22.8 Å². The molecular formula is C22H27ClN8O2. The van der Waals surface area contributed by atoms with Crippen LogP contribution >= 0.6 is 12.4 Å². The molecule has 0 atom stereocenters. The monoisotopic (exact) mass is 470 g/mol. The third kappa shape index (κ3) is 4.81. The Morgan fingerprint density at radius 1 is 1.18 bits per heavy atom. The van der Waals surface area contributed by atoms with Crippen LogP contribution in [0.5, 0.6) is 0 Å². The Bertz CT molecular complexity index is 1240. The molecule has 0 unspecified atom stereocenters. The average Bonchev–Trinajstić information content (AvgIpc) is 3.39. The summed E-state index contributed by atoms with van der Waals surface area (Å²) in [6, 6.07) is 9.73. The molecule has 3 heterocycles.